The molecule has 1 amide bonds. The van der Waals surface area contributed by atoms with Crippen LogP contribution >= 0.6 is 0 Å². The van der Waals surface area contributed by atoms with Gasteiger partial charge in [0.15, 0.2) is 0 Å². The van der Waals surface area contributed by atoms with Crippen LogP contribution in [-0.4, -0.2) is 16.9 Å². The molecule has 2 aliphatic rings. The molecule has 2 aromatic rings. The summed E-state index contributed by atoms with van der Waals surface area (Å²) >= 11 is 0. The van der Waals surface area contributed by atoms with Gasteiger partial charge in [-0.3, -0.25) is 9.78 Å². The van der Waals surface area contributed by atoms with E-state index >= 15 is 0 Å². The smallest absolute Gasteiger partial charge is 0.223 e. The highest BCUT2D eigenvalue weighted by Gasteiger charge is 2.45. The second kappa shape index (κ2) is 6.76. The summed E-state index contributed by atoms with van der Waals surface area (Å²) in [7, 11) is 0. The van der Waals surface area contributed by atoms with Crippen molar-refractivity contribution in [3.63, 3.8) is 0 Å². The zero-order valence-corrected chi connectivity index (χ0v) is 13.9. The molecular weight excluding hydrogens is 296 g/mol. The molecule has 3 heteroatoms. The molecule has 1 heterocycles. The van der Waals surface area contributed by atoms with Gasteiger partial charge in [0, 0.05) is 24.4 Å². The van der Waals surface area contributed by atoms with E-state index in [4.69, 9.17) is 0 Å². The molecule has 2 saturated carbocycles. The second-order valence-electron chi connectivity index (χ2n) is 7.23. The number of amides is 1. The number of nitrogens with one attached hydrogen (secondary N) is 1. The van der Waals surface area contributed by atoms with Crippen molar-refractivity contribution in [1.29, 1.82) is 0 Å². The number of pyridine rings is 1. The Kier molecular flexibility index (Phi) is 4.33. The van der Waals surface area contributed by atoms with Crippen LogP contribution in [0, 0.1) is 11.8 Å². The first-order valence-corrected chi connectivity index (χ1v) is 9.05. The largest absolute Gasteiger partial charge is 0.353 e. The van der Waals surface area contributed by atoms with E-state index < -0.39 is 0 Å². The number of rotatable bonds is 5. The highest BCUT2D eigenvalue weighted by molar-refractivity contribution is 5.83. The van der Waals surface area contributed by atoms with Crippen molar-refractivity contribution in [3.05, 3.63) is 66.0 Å². The molecule has 4 rings (SSSR count). The molecule has 0 spiro atoms. The lowest BCUT2D eigenvalue weighted by Crippen LogP contribution is -2.39. The Balaban J connectivity index is 1.34. The summed E-state index contributed by atoms with van der Waals surface area (Å²) in [5, 5.41) is 3.35. The van der Waals surface area contributed by atoms with E-state index in [9.17, 15) is 4.79 Å². The van der Waals surface area contributed by atoms with Crippen LogP contribution < -0.4 is 5.32 Å². The molecule has 2 fully saturated rings. The van der Waals surface area contributed by atoms with Gasteiger partial charge in [-0.1, -0.05) is 42.8 Å². The maximum Gasteiger partial charge on any atom is 0.223 e. The lowest BCUT2D eigenvalue weighted by Gasteiger charge is -2.21. The minimum absolute atomic E-state index is 0.146. The van der Waals surface area contributed by atoms with Crippen molar-refractivity contribution in [3.8, 4) is 0 Å². The van der Waals surface area contributed by atoms with Crippen LogP contribution in [0.1, 0.15) is 42.7 Å². The van der Waals surface area contributed by atoms with Crippen LogP contribution in [-0.2, 0) is 11.2 Å². The van der Waals surface area contributed by atoms with Crippen molar-refractivity contribution in [2.24, 2.45) is 11.8 Å². The fourth-order valence-electron chi connectivity index (χ4n) is 4.13. The summed E-state index contributed by atoms with van der Waals surface area (Å²) in [5.74, 6) is 1.33. The lowest BCUT2D eigenvalue weighted by molar-refractivity contribution is -0.123. The van der Waals surface area contributed by atoms with Crippen molar-refractivity contribution < 1.29 is 4.79 Å². The molecular formula is C21H24N2O. The van der Waals surface area contributed by atoms with Crippen LogP contribution in [0.4, 0.5) is 0 Å². The first-order chi connectivity index (χ1) is 11.8. The van der Waals surface area contributed by atoms with Crippen LogP contribution in [0.15, 0.2) is 54.9 Å². The lowest BCUT2D eigenvalue weighted by atomic mass is 9.94. The summed E-state index contributed by atoms with van der Waals surface area (Å²) in [4.78, 5) is 16.8. The first-order valence-electron chi connectivity index (χ1n) is 9.05. The molecule has 1 aromatic carbocycles. The predicted molar refractivity (Wildman–Crippen MR) is 94.5 cm³/mol. The van der Waals surface area contributed by atoms with Crippen LogP contribution in [0.5, 0.6) is 0 Å². The number of aromatic nitrogens is 1. The third-order valence-electron chi connectivity index (χ3n) is 5.57. The average Bonchev–Trinajstić information content (AvgIpc) is 3.33. The number of hydrogen-bond acceptors (Lipinski definition) is 2. The van der Waals surface area contributed by atoms with Gasteiger partial charge in [-0.15, -0.1) is 0 Å². The summed E-state index contributed by atoms with van der Waals surface area (Å²) in [5.41, 5.74) is 2.58. The fourth-order valence-corrected chi connectivity index (χ4v) is 4.13. The van der Waals surface area contributed by atoms with Gasteiger partial charge in [0.05, 0.1) is 0 Å². The Hall–Kier alpha value is -2.16. The highest BCUT2D eigenvalue weighted by Crippen LogP contribution is 2.47. The Labute approximate surface area is 143 Å². The molecule has 4 unspecified atom stereocenters. The predicted octanol–water partition coefficient (Wildman–Crippen LogP) is 3.71. The van der Waals surface area contributed by atoms with Gasteiger partial charge in [-0.05, 0) is 54.7 Å². The maximum absolute atomic E-state index is 12.6. The molecule has 0 saturated heterocycles. The van der Waals surface area contributed by atoms with Gasteiger partial charge in [0.25, 0.3) is 0 Å². The monoisotopic (exact) mass is 320 g/mol. The van der Waals surface area contributed by atoms with E-state index in [0.717, 1.165) is 19.3 Å². The summed E-state index contributed by atoms with van der Waals surface area (Å²) in [6.45, 7) is 0. The molecule has 1 N–H and O–H groups in total. The van der Waals surface area contributed by atoms with Gasteiger partial charge in [0.1, 0.15) is 0 Å². The molecule has 1 aromatic heterocycles. The summed E-state index contributed by atoms with van der Waals surface area (Å²) < 4.78 is 0. The summed E-state index contributed by atoms with van der Waals surface area (Å²) in [6, 6.07) is 15.0. The minimum Gasteiger partial charge on any atom is -0.353 e. The van der Waals surface area contributed by atoms with Gasteiger partial charge < -0.3 is 5.32 Å². The van der Waals surface area contributed by atoms with Crippen molar-refractivity contribution >= 4 is 5.91 Å². The summed E-state index contributed by atoms with van der Waals surface area (Å²) in [6.07, 6.45) is 9.28. The normalized spacial score (nSPS) is 28.5. The zero-order valence-electron chi connectivity index (χ0n) is 13.9. The standard InChI is InChI=1S/C21H24N2O/c24-21(19-13-18(19)17-9-5-11-22-14-17)23-20-10-4-8-16(20)12-15-6-2-1-3-7-15/h1-3,5-7,9,11,14,16,18-20H,4,8,10,12-13H2,(H,23,24). The third kappa shape index (κ3) is 3.35. The zero-order chi connectivity index (χ0) is 16.4. The van der Waals surface area contributed by atoms with Crippen LogP contribution in [0.25, 0.3) is 0 Å². The van der Waals surface area contributed by atoms with Crippen LogP contribution in [0.2, 0.25) is 0 Å². The number of carbonyl (C=O) groups excluding carboxylic acids is 1. The molecule has 0 bridgehead atoms. The minimum atomic E-state index is 0.146. The maximum atomic E-state index is 12.6. The van der Waals surface area contributed by atoms with Gasteiger partial charge in [-0.2, -0.15) is 0 Å². The van der Waals surface area contributed by atoms with E-state index in [0.29, 0.717) is 17.9 Å². The number of benzene rings is 1. The molecule has 4 atom stereocenters. The molecule has 124 valence electrons. The highest BCUT2D eigenvalue weighted by atomic mass is 16.2. The van der Waals surface area contributed by atoms with Crippen molar-refractivity contribution in [2.45, 2.75) is 44.1 Å². The number of hydrogen-bond donors (Lipinski definition) is 1. The first kappa shape index (κ1) is 15.4. The van der Waals surface area contributed by atoms with E-state index in [2.05, 4.69) is 46.7 Å². The van der Waals surface area contributed by atoms with Crippen molar-refractivity contribution in [1.82, 2.24) is 10.3 Å². The average molecular weight is 320 g/mol. The SMILES string of the molecule is O=C(NC1CCCC1Cc1ccccc1)C1CC1c1cccnc1. The molecule has 3 nitrogen and oxygen atoms in total. The third-order valence-corrected chi connectivity index (χ3v) is 5.57. The molecule has 2 aliphatic carbocycles. The van der Waals surface area contributed by atoms with E-state index in [1.165, 1.54) is 24.0 Å². The van der Waals surface area contributed by atoms with Crippen LogP contribution in [0.3, 0.4) is 0 Å². The number of nitrogens with zero attached hydrogens (tertiary/aromatic N) is 1. The van der Waals surface area contributed by atoms with E-state index in [1.807, 2.05) is 12.3 Å². The van der Waals surface area contributed by atoms with E-state index in [1.54, 1.807) is 6.20 Å². The topological polar surface area (TPSA) is 42.0 Å². The molecule has 24 heavy (non-hydrogen) atoms. The molecule has 0 radical (unpaired) electrons. The van der Waals surface area contributed by atoms with E-state index in [-0.39, 0.29) is 11.8 Å². The van der Waals surface area contributed by atoms with Gasteiger partial charge in [0.2, 0.25) is 5.91 Å². The van der Waals surface area contributed by atoms with Gasteiger partial charge in [-0.25, -0.2) is 0 Å². The Morgan fingerprint density at radius 2 is 2.00 bits per heavy atom. The quantitative estimate of drug-likeness (QED) is 0.912. The Morgan fingerprint density at radius 1 is 1.12 bits per heavy atom. The van der Waals surface area contributed by atoms with Crippen molar-refractivity contribution in [2.75, 3.05) is 0 Å². The Bertz CT molecular complexity index is 685. The van der Waals surface area contributed by atoms with Gasteiger partial charge >= 0.3 is 0 Å². The fraction of sp³-hybridized carbons (Fsp3) is 0.429. The number of carbonyl (C=O) groups is 1. The molecule has 0 aliphatic heterocycles. The Morgan fingerprint density at radius 3 is 2.79 bits per heavy atom. The second-order valence-corrected chi connectivity index (χ2v) is 7.23.